The third-order valence-corrected chi connectivity index (χ3v) is 2.93. The van der Waals surface area contributed by atoms with Crippen molar-refractivity contribution in [2.24, 2.45) is 0 Å². The average Bonchev–Trinajstić information content (AvgIpc) is 2.78. The quantitative estimate of drug-likeness (QED) is 0.825. The Morgan fingerprint density at radius 2 is 2.28 bits per heavy atom. The van der Waals surface area contributed by atoms with Gasteiger partial charge in [0, 0.05) is 5.57 Å². The van der Waals surface area contributed by atoms with E-state index >= 15 is 0 Å². The minimum atomic E-state index is 0.127. The van der Waals surface area contributed by atoms with Crippen LogP contribution in [0, 0.1) is 6.92 Å². The molecule has 0 radical (unpaired) electrons. The predicted octanol–water partition coefficient (Wildman–Crippen LogP) is 3.28. The van der Waals surface area contributed by atoms with E-state index in [2.05, 4.69) is 11.6 Å². The zero-order chi connectivity index (χ0) is 13.0. The van der Waals surface area contributed by atoms with E-state index in [1.807, 2.05) is 31.2 Å². The van der Waals surface area contributed by atoms with Crippen molar-refractivity contribution < 1.29 is 9.52 Å². The minimum Gasteiger partial charge on any atom is -0.437 e. The van der Waals surface area contributed by atoms with Gasteiger partial charge in [0.25, 0.3) is 0 Å². The molecule has 0 fully saturated rings. The van der Waals surface area contributed by atoms with Crippen molar-refractivity contribution in [3.63, 3.8) is 0 Å². The number of aromatic nitrogens is 1. The highest BCUT2D eigenvalue weighted by molar-refractivity contribution is 5.64. The first kappa shape index (κ1) is 12.6. The molecular formula is C15H17NO2. The van der Waals surface area contributed by atoms with Gasteiger partial charge in [0.2, 0.25) is 5.89 Å². The highest BCUT2D eigenvalue weighted by Gasteiger charge is 2.14. The van der Waals surface area contributed by atoms with Crippen LogP contribution in [0.5, 0.6) is 0 Å². The van der Waals surface area contributed by atoms with Crippen molar-refractivity contribution >= 4 is 11.6 Å². The second kappa shape index (κ2) is 5.65. The van der Waals surface area contributed by atoms with Gasteiger partial charge in [-0.15, -0.1) is 0 Å². The summed E-state index contributed by atoms with van der Waals surface area (Å²) in [5.74, 6) is 1.44. The Hall–Kier alpha value is -1.87. The molecule has 1 aliphatic rings. The molecule has 1 heterocycles. The summed E-state index contributed by atoms with van der Waals surface area (Å²) >= 11 is 0. The Morgan fingerprint density at radius 1 is 1.44 bits per heavy atom. The summed E-state index contributed by atoms with van der Waals surface area (Å²) in [6.07, 6.45) is 11.0. The van der Waals surface area contributed by atoms with E-state index in [9.17, 15) is 0 Å². The van der Waals surface area contributed by atoms with E-state index in [0.29, 0.717) is 5.89 Å². The van der Waals surface area contributed by atoms with Gasteiger partial charge in [-0.2, -0.15) is 0 Å². The topological polar surface area (TPSA) is 46.3 Å². The number of allylic oxidation sites excluding steroid dienone is 5. The van der Waals surface area contributed by atoms with Crippen molar-refractivity contribution in [1.29, 1.82) is 0 Å². The Bertz CT molecular complexity index is 533. The molecule has 0 spiro atoms. The van der Waals surface area contributed by atoms with Gasteiger partial charge < -0.3 is 9.52 Å². The molecule has 0 amide bonds. The van der Waals surface area contributed by atoms with Gasteiger partial charge in [0.05, 0.1) is 12.3 Å². The Kier molecular flexibility index (Phi) is 3.95. The fourth-order valence-corrected chi connectivity index (χ4v) is 1.85. The molecule has 0 saturated carbocycles. The van der Waals surface area contributed by atoms with Crippen molar-refractivity contribution in [2.45, 2.75) is 19.8 Å². The lowest BCUT2D eigenvalue weighted by atomic mass is 9.99. The first-order valence-corrected chi connectivity index (χ1v) is 6.01. The van der Waals surface area contributed by atoms with Crippen molar-refractivity contribution in [1.82, 2.24) is 4.98 Å². The smallest absolute Gasteiger partial charge is 0.222 e. The maximum absolute atomic E-state index is 9.04. The van der Waals surface area contributed by atoms with Gasteiger partial charge in [-0.25, -0.2) is 4.98 Å². The van der Waals surface area contributed by atoms with E-state index in [4.69, 9.17) is 9.52 Å². The van der Waals surface area contributed by atoms with Crippen LogP contribution in [0.2, 0.25) is 0 Å². The number of aryl methyl sites for hydroxylation is 1. The van der Waals surface area contributed by atoms with E-state index in [1.165, 1.54) is 0 Å². The summed E-state index contributed by atoms with van der Waals surface area (Å²) in [4.78, 5) is 4.43. The number of nitrogens with zero attached hydrogens (tertiary/aromatic N) is 1. The predicted molar refractivity (Wildman–Crippen MR) is 72.9 cm³/mol. The second-order valence-electron chi connectivity index (χ2n) is 4.24. The zero-order valence-corrected chi connectivity index (χ0v) is 10.5. The first-order chi connectivity index (χ1) is 8.74. The molecule has 1 aliphatic carbocycles. The molecule has 1 aromatic heterocycles. The molecule has 3 nitrogen and oxygen atoms in total. The van der Waals surface area contributed by atoms with Crippen LogP contribution in [-0.4, -0.2) is 16.7 Å². The monoisotopic (exact) mass is 243 g/mol. The van der Waals surface area contributed by atoms with Crippen LogP contribution in [-0.2, 0) is 0 Å². The van der Waals surface area contributed by atoms with Crippen molar-refractivity contribution in [3.05, 3.63) is 53.8 Å². The van der Waals surface area contributed by atoms with Crippen molar-refractivity contribution in [3.8, 4) is 0 Å². The van der Waals surface area contributed by atoms with Gasteiger partial charge in [0.15, 0.2) is 5.76 Å². The van der Waals surface area contributed by atoms with Crippen LogP contribution in [0.4, 0.5) is 0 Å². The fourth-order valence-electron chi connectivity index (χ4n) is 1.85. The first-order valence-electron chi connectivity index (χ1n) is 6.01. The summed E-state index contributed by atoms with van der Waals surface area (Å²) < 4.78 is 5.72. The summed E-state index contributed by atoms with van der Waals surface area (Å²) in [6, 6.07) is 0. The molecule has 0 unspecified atom stereocenters. The van der Waals surface area contributed by atoms with Crippen LogP contribution in [0.15, 0.2) is 40.9 Å². The fraction of sp³-hybridized carbons (Fsp3) is 0.267. The Balaban J connectivity index is 2.25. The largest absolute Gasteiger partial charge is 0.437 e. The highest BCUT2D eigenvalue weighted by atomic mass is 16.4. The minimum absolute atomic E-state index is 0.127. The molecule has 94 valence electrons. The maximum Gasteiger partial charge on any atom is 0.222 e. The van der Waals surface area contributed by atoms with Gasteiger partial charge >= 0.3 is 0 Å². The lowest BCUT2D eigenvalue weighted by Crippen LogP contribution is -1.97. The standard InChI is InChI=1S/C15H17NO2/c1-3-4-5-14-11(2)16-15(18-14)13-8-6-12(10-17)7-9-13/h3-6,8,17H,1,7,9-10H2,2H3/b5-4-. The molecule has 3 heteroatoms. The van der Waals surface area contributed by atoms with E-state index in [1.54, 1.807) is 6.08 Å². The van der Waals surface area contributed by atoms with E-state index in [-0.39, 0.29) is 6.61 Å². The number of hydrogen-bond donors (Lipinski definition) is 1. The lowest BCUT2D eigenvalue weighted by Gasteiger charge is -2.09. The van der Waals surface area contributed by atoms with E-state index < -0.39 is 0 Å². The Labute approximate surface area is 107 Å². The molecule has 0 atom stereocenters. The molecule has 18 heavy (non-hydrogen) atoms. The third kappa shape index (κ3) is 2.68. The summed E-state index contributed by atoms with van der Waals surface area (Å²) in [5.41, 5.74) is 3.00. The highest BCUT2D eigenvalue weighted by Crippen LogP contribution is 2.27. The van der Waals surface area contributed by atoms with E-state index in [0.717, 1.165) is 35.4 Å². The molecule has 2 rings (SSSR count). The molecule has 1 N–H and O–H groups in total. The average molecular weight is 243 g/mol. The Morgan fingerprint density at radius 3 is 2.89 bits per heavy atom. The zero-order valence-electron chi connectivity index (χ0n) is 10.5. The van der Waals surface area contributed by atoms with Crippen LogP contribution < -0.4 is 0 Å². The van der Waals surface area contributed by atoms with Crippen LogP contribution in [0.25, 0.3) is 11.6 Å². The number of aliphatic hydroxyl groups excluding tert-OH is 1. The molecule has 1 aromatic rings. The van der Waals surface area contributed by atoms with Gasteiger partial charge in [0.1, 0.15) is 0 Å². The number of oxazole rings is 1. The number of rotatable bonds is 4. The van der Waals surface area contributed by atoms with Gasteiger partial charge in [-0.05, 0) is 31.4 Å². The molecule has 0 aromatic carbocycles. The summed E-state index contributed by atoms with van der Waals surface area (Å²) in [7, 11) is 0. The SMILES string of the molecule is C=C/C=C\c1oc(C2=CC=C(CO)CC2)nc1C. The van der Waals surface area contributed by atoms with Crippen LogP contribution >= 0.6 is 0 Å². The molecule has 0 aliphatic heterocycles. The maximum atomic E-state index is 9.04. The second-order valence-corrected chi connectivity index (χ2v) is 4.24. The van der Waals surface area contributed by atoms with Gasteiger partial charge in [-0.1, -0.05) is 30.9 Å². The molecular weight excluding hydrogens is 226 g/mol. The van der Waals surface area contributed by atoms with Crippen molar-refractivity contribution in [2.75, 3.05) is 6.61 Å². The lowest BCUT2D eigenvalue weighted by molar-refractivity contribution is 0.326. The third-order valence-electron chi connectivity index (χ3n) is 2.93. The number of aliphatic hydroxyl groups is 1. The summed E-state index contributed by atoms with van der Waals surface area (Å²) in [5, 5.41) is 9.04. The molecule has 0 saturated heterocycles. The molecule has 0 bridgehead atoms. The number of hydrogen-bond acceptors (Lipinski definition) is 3. The normalized spacial score (nSPS) is 15.7. The van der Waals surface area contributed by atoms with Gasteiger partial charge in [-0.3, -0.25) is 0 Å². The summed E-state index contributed by atoms with van der Waals surface area (Å²) in [6.45, 7) is 5.68. The van der Waals surface area contributed by atoms with Crippen LogP contribution in [0.3, 0.4) is 0 Å². The van der Waals surface area contributed by atoms with Crippen LogP contribution in [0.1, 0.15) is 30.2 Å².